The van der Waals surface area contributed by atoms with Crippen molar-refractivity contribution in [3.05, 3.63) is 53.4 Å². The molecule has 4 aromatic rings. The summed E-state index contributed by atoms with van der Waals surface area (Å²) in [5.41, 5.74) is 4.43. The Morgan fingerprint density at radius 3 is 2.78 bits per heavy atom. The van der Waals surface area contributed by atoms with E-state index in [0.29, 0.717) is 27.1 Å². The molecule has 0 radical (unpaired) electrons. The maximum atomic E-state index is 9.56. The third-order valence-electron chi connectivity index (χ3n) is 3.82. The van der Waals surface area contributed by atoms with E-state index < -0.39 is 0 Å². The number of imidazole rings is 1. The molecule has 6 heteroatoms. The van der Waals surface area contributed by atoms with Gasteiger partial charge in [0.15, 0.2) is 16.5 Å². The summed E-state index contributed by atoms with van der Waals surface area (Å²) in [6, 6.07) is 12.0. The number of furan rings is 1. The number of fused-ring (bicyclic) bond motifs is 1. The van der Waals surface area contributed by atoms with E-state index in [1.54, 1.807) is 10.8 Å². The van der Waals surface area contributed by atoms with E-state index in [1.807, 2.05) is 24.3 Å². The Bertz CT molecular complexity index is 1050. The first-order valence-corrected chi connectivity index (χ1v) is 7.90. The van der Waals surface area contributed by atoms with Crippen molar-refractivity contribution in [3.63, 3.8) is 0 Å². The van der Waals surface area contributed by atoms with Gasteiger partial charge in [0, 0.05) is 5.56 Å². The second kappa shape index (κ2) is 5.07. The Balaban J connectivity index is 1.90. The predicted molar refractivity (Wildman–Crippen MR) is 88.2 cm³/mol. The van der Waals surface area contributed by atoms with Gasteiger partial charge in [-0.3, -0.25) is 0 Å². The van der Waals surface area contributed by atoms with E-state index in [2.05, 4.69) is 36.1 Å². The van der Waals surface area contributed by atoms with Crippen LogP contribution in [0.15, 0.2) is 41.0 Å². The average molecular weight is 320 g/mol. The minimum Gasteiger partial charge on any atom is -0.462 e. The van der Waals surface area contributed by atoms with E-state index in [9.17, 15) is 5.26 Å². The molecule has 0 aliphatic rings. The first kappa shape index (κ1) is 13.7. The SMILES string of the molecule is Cc1ccc(-c2nc3sc(-c4ccco4)nn3c2C#N)cc1C. The number of benzene rings is 1. The molecule has 3 heterocycles. The molecule has 4 rings (SSSR count). The van der Waals surface area contributed by atoms with Gasteiger partial charge in [-0.25, -0.2) is 4.98 Å². The molecule has 0 bridgehead atoms. The molecule has 0 spiro atoms. The lowest BCUT2D eigenvalue weighted by atomic mass is 10.0. The van der Waals surface area contributed by atoms with E-state index in [0.717, 1.165) is 5.56 Å². The zero-order chi connectivity index (χ0) is 16.0. The third-order valence-corrected chi connectivity index (χ3v) is 4.74. The average Bonchev–Trinajstić information content (AvgIpc) is 3.23. The molecule has 0 fully saturated rings. The molecule has 1 aromatic carbocycles. The topological polar surface area (TPSA) is 67.1 Å². The number of rotatable bonds is 2. The van der Waals surface area contributed by atoms with E-state index in [-0.39, 0.29) is 0 Å². The molecule has 0 saturated heterocycles. The summed E-state index contributed by atoms with van der Waals surface area (Å²) in [6.45, 7) is 4.11. The Labute approximate surface area is 136 Å². The van der Waals surface area contributed by atoms with Crippen molar-refractivity contribution < 1.29 is 4.42 Å². The Hall–Kier alpha value is -2.91. The van der Waals surface area contributed by atoms with Crippen LogP contribution in [0.4, 0.5) is 0 Å². The molecule has 0 aliphatic carbocycles. The molecule has 0 aliphatic heterocycles. The number of nitriles is 1. The predicted octanol–water partition coefficient (Wildman–Crippen LogP) is 4.21. The lowest BCUT2D eigenvalue weighted by Gasteiger charge is -2.03. The van der Waals surface area contributed by atoms with E-state index >= 15 is 0 Å². The normalized spacial score (nSPS) is 11.0. The maximum absolute atomic E-state index is 9.56. The van der Waals surface area contributed by atoms with Crippen LogP contribution in [-0.2, 0) is 0 Å². The van der Waals surface area contributed by atoms with Crippen LogP contribution in [0.1, 0.15) is 16.8 Å². The Morgan fingerprint density at radius 2 is 2.09 bits per heavy atom. The van der Waals surface area contributed by atoms with Crippen molar-refractivity contribution in [3.8, 4) is 28.1 Å². The number of aryl methyl sites for hydroxylation is 2. The number of aromatic nitrogens is 3. The fourth-order valence-corrected chi connectivity index (χ4v) is 3.31. The Kier molecular flexibility index (Phi) is 3.03. The molecule has 23 heavy (non-hydrogen) atoms. The van der Waals surface area contributed by atoms with Gasteiger partial charge in [0.05, 0.1) is 6.26 Å². The van der Waals surface area contributed by atoms with Gasteiger partial charge >= 0.3 is 0 Å². The highest BCUT2D eigenvalue weighted by Crippen LogP contribution is 2.31. The van der Waals surface area contributed by atoms with Gasteiger partial charge < -0.3 is 4.42 Å². The third kappa shape index (κ3) is 2.14. The van der Waals surface area contributed by atoms with E-state index in [1.165, 1.54) is 22.5 Å². The van der Waals surface area contributed by atoms with Gasteiger partial charge in [-0.2, -0.15) is 9.78 Å². The van der Waals surface area contributed by atoms with Crippen molar-refractivity contribution in [1.29, 1.82) is 5.26 Å². The summed E-state index contributed by atoms with van der Waals surface area (Å²) < 4.78 is 6.95. The molecule has 0 atom stereocenters. The largest absolute Gasteiger partial charge is 0.462 e. The van der Waals surface area contributed by atoms with Gasteiger partial charge in [-0.05, 0) is 43.2 Å². The smallest absolute Gasteiger partial charge is 0.214 e. The van der Waals surface area contributed by atoms with Crippen molar-refractivity contribution in [1.82, 2.24) is 14.6 Å². The summed E-state index contributed by atoms with van der Waals surface area (Å²) in [5, 5.41) is 14.7. The summed E-state index contributed by atoms with van der Waals surface area (Å²) in [5.74, 6) is 0.678. The van der Waals surface area contributed by atoms with Crippen LogP contribution in [-0.4, -0.2) is 14.6 Å². The van der Waals surface area contributed by atoms with Crippen molar-refractivity contribution in [2.24, 2.45) is 0 Å². The van der Waals surface area contributed by atoms with Gasteiger partial charge in [-0.15, -0.1) is 5.10 Å². The summed E-state index contributed by atoms with van der Waals surface area (Å²) in [4.78, 5) is 5.29. The van der Waals surface area contributed by atoms with Crippen LogP contribution >= 0.6 is 11.3 Å². The fraction of sp³-hybridized carbons (Fsp3) is 0.118. The highest BCUT2D eigenvalue weighted by atomic mass is 32.1. The summed E-state index contributed by atoms with van der Waals surface area (Å²) in [6.07, 6.45) is 1.60. The molecule has 0 saturated carbocycles. The van der Waals surface area contributed by atoms with Gasteiger partial charge in [0.2, 0.25) is 4.96 Å². The molecule has 0 N–H and O–H groups in total. The van der Waals surface area contributed by atoms with Crippen molar-refractivity contribution in [2.45, 2.75) is 13.8 Å². The molecule has 0 amide bonds. The van der Waals surface area contributed by atoms with Crippen LogP contribution in [0.2, 0.25) is 0 Å². The minimum atomic E-state index is 0.442. The van der Waals surface area contributed by atoms with Crippen molar-refractivity contribution >= 4 is 16.3 Å². The van der Waals surface area contributed by atoms with Gasteiger partial charge in [0.25, 0.3) is 0 Å². The highest BCUT2D eigenvalue weighted by Gasteiger charge is 2.19. The molecule has 3 aromatic heterocycles. The van der Waals surface area contributed by atoms with Crippen LogP contribution in [0.3, 0.4) is 0 Å². The number of nitrogens with zero attached hydrogens (tertiary/aromatic N) is 4. The molecular formula is C17H12N4OS. The molecule has 0 unspecified atom stereocenters. The lowest BCUT2D eigenvalue weighted by Crippen LogP contribution is -1.91. The van der Waals surface area contributed by atoms with Gasteiger partial charge in [-0.1, -0.05) is 23.5 Å². The van der Waals surface area contributed by atoms with Crippen LogP contribution in [0.25, 0.3) is 27.0 Å². The number of hydrogen-bond acceptors (Lipinski definition) is 5. The monoisotopic (exact) mass is 320 g/mol. The minimum absolute atomic E-state index is 0.442. The van der Waals surface area contributed by atoms with Gasteiger partial charge in [0.1, 0.15) is 11.8 Å². The first-order valence-electron chi connectivity index (χ1n) is 7.08. The lowest BCUT2D eigenvalue weighted by molar-refractivity contribution is 0.580. The molecule has 112 valence electrons. The molecule has 5 nitrogen and oxygen atoms in total. The van der Waals surface area contributed by atoms with Crippen LogP contribution in [0.5, 0.6) is 0 Å². The second-order valence-electron chi connectivity index (χ2n) is 5.30. The van der Waals surface area contributed by atoms with E-state index in [4.69, 9.17) is 4.42 Å². The highest BCUT2D eigenvalue weighted by molar-refractivity contribution is 7.19. The summed E-state index contributed by atoms with van der Waals surface area (Å²) in [7, 11) is 0. The maximum Gasteiger partial charge on any atom is 0.214 e. The zero-order valence-electron chi connectivity index (χ0n) is 12.6. The van der Waals surface area contributed by atoms with Crippen molar-refractivity contribution in [2.75, 3.05) is 0 Å². The standard InChI is InChI=1S/C17H12N4OS/c1-10-5-6-12(8-11(10)2)15-13(9-18)21-17(19-15)23-16(20-21)14-4-3-7-22-14/h3-8H,1-2H3. The quantitative estimate of drug-likeness (QED) is 0.555. The van der Waals surface area contributed by atoms with Crippen LogP contribution < -0.4 is 0 Å². The Morgan fingerprint density at radius 1 is 1.22 bits per heavy atom. The first-order chi connectivity index (χ1) is 11.2. The van der Waals surface area contributed by atoms with Crippen LogP contribution in [0, 0.1) is 25.2 Å². The fourth-order valence-electron chi connectivity index (χ4n) is 2.44. The number of hydrogen-bond donors (Lipinski definition) is 0. The summed E-state index contributed by atoms with van der Waals surface area (Å²) >= 11 is 1.40. The second-order valence-corrected chi connectivity index (χ2v) is 6.25. The zero-order valence-corrected chi connectivity index (χ0v) is 13.4. The molecular weight excluding hydrogens is 308 g/mol.